The molecule has 2 nitrogen and oxygen atoms in total. The van der Waals surface area contributed by atoms with E-state index in [9.17, 15) is 0 Å². The normalized spacial score (nSPS) is 17.9. The standard InChI is InChI=1S/C32H34O2/c1-4-21-33-26-17-13-24(14-18-26)32(25-15-19-27(20-16-25)34-22-5-2)30-12-7-6-10-28(30)29-11-8-9-23(3)31(29)32/h6-8,10-20,23H,4-5,9,21-22H2,1-3H3. The van der Waals surface area contributed by atoms with Crippen molar-refractivity contribution in [3.63, 3.8) is 0 Å². The summed E-state index contributed by atoms with van der Waals surface area (Å²) >= 11 is 0. The number of hydrogen-bond donors (Lipinski definition) is 0. The Hall–Kier alpha value is -3.26. The van der Waals surface area contributed by atoms with Gasteiger partial charge in [-0.15, -0.1) is 0 Å². The van der Waals surface area contributed by atoms with Crippen LogP contribution in [-0.4, -0.2) is 13.2 Å². The molecule has 5 rings (SSSR count). The van der Waals surface area contributed by atoms with Gasteiger partial charge in [-0.2, -0.15) is 0 Å². The van der Waals surface area contributed by atoms with Gasteiger partial charge in [-0.05, 0) is 82.8 Å². The van der Waals surface area contributed by atoms with Gasteiger partial charge in [-0.3, -0.25) is 0 Å². The van der Waals surface area contributed by atoms with Crippen molar-refractivity contribution in [1.29, 1.82) is 0 Å². The molecule has 0 saturated heterocycles. The lowest BCUT2D eigenvalue weighted by Gasteiger charge is -2.39. The topological polar surface area (TPSA) is 18.5 Å². The molecule has 0 radical (unpaired) electrons. The summed E-state index contributed by atoms with van der Waals surface area (Å²) in [5, 5.41) is 0. The van der Waals surface area contributed by atoms with Crippen LogP contribution >= 0.6 is 0 Å². The maximum Gasteiger partial charge on any atom is 0.119 e. The fourth-order valence-electron chi connectivity index (χ4n) is 5.69. The van der Waals surface area contributed by atoms with Crippen LogP contribution in [0.3, 0.4) is 0 Å². The zero-order valence-corrected chi connectivity index (χ0v) is 20.5. The molecule has 0 heterocycles. The van der Waals surface area contributed by atoms with Gasteiger partial charge in [-0.25, -0.2) is 0 Å². The van der Waals surface area contributed by atoms with E-state index >= 15 is 0 Å². The zero-order valence-electron chi connectivity index (χ0n) is 20.5. The Labute approximate surface area is 203 Å². The molecule has 34 heavy (non-hydrogen) atoms. The summed E-state index contributed by atoms with van der Waals surface area (Å²) in [6.45, 7) is 8.13. The van der Waals surface area contributed by atoms with Gasteiger partial charge in [0.2, 0.25) is 0 Å². The molecule has 0 aromatic heterocycles. The number of benzene rings is 3. The molecule has 174 valence electrons. The summed E-state index contributed by atoms with van der Waals surface area (Å²) < 4.78 is 11.8. The molecule has 2 heteroatoms. The maximum atomic E-state index is 5.92. The minimum Gasteiger partial charge on any atom is -0.494 e. The first-order chi connectivity index (χ1) is 16.7. The van der Waals surface area contributed by atoms with Gasteiger partial charge in [0.05, 0.1) is 18.6 Å². The van der Waals surface area contributed by atoms with E-state index in [4.69, 9.17) is 9.47 Å². The third kappa shape index (κ3) is 3.66. The summed E-state index contributed by atoms with van der Waals surface area (Å²) in [6, 6.07) is 26.6. The Morgan fingerprint density at radius 1 is 0.765 bits per heavy atom. The van der Waals surface area contributed by atoms with E-state index in [1.807, 2.05) is 0 Å². The third-order valence-corrected chi connectivity index (χ3v) is 7.10. The van der Waals surface area contributed by atoms with Crippen molar-refractivity contribution in [3.05, 3.63) is 113 Å². The predicted molar refractivity (Wildman–Crippen MR) is 141 cm³/mol. The smallest absolute Gasteiger partial charge is 0.119 e. The molecule has 0 amide bonds. The molecule has 0 fully saturated rings. The van der Waals surface area contributed by atoms with Crippen molar-refractivity contribution in [1.82, 2.24) is 0 Å². The van der Waals surface area contributed by atoms with E-state index in [0.717, 1.165) is 44.0 Å². The largest absolute Gasteiger partial charge is 0.494 e. The van der Waals surface area contributed by atoms with Gasteiger partial charge in [-0.1, -0.05) is 81.5 Å². The Kier molecular flexibility index (Phi) is 6.32. The van der Waals surface area contributed by atoms with Gasteiger partial charge in [0.25, 0.3) is 0 Å². The van der Waals surface area contributed by atoms with Crippen LogP contribution in [0.1, 0.15) is 62.3 Å². The molecule has 0 aliphatic heterocycles. The minimum atomic E-state index is -0.331. The van der Waals surface area contributed by atoms with Crippen molar-refractivity contribution in [2.45, 2.75) is 45.4 Å². The van der Waals surface area contributed by atoms with E-state index < -0.39 is 0 Å². The molecule has 1 atom stereocenters. The average molecular weight is 451 g/mol. The van der Waals surface area contributed by atoms with Gasteiger partial charge < -0.3 is 9.47 Å². The van der Waals surface area contributed by atoms with E-state index in [-0.39, 0.29) is 5.41 Å². The summed E-state index contributed by atoms with van der Waals surface area (Å²) in [7, 11) is 0. The van der Waals surface area contributed by atoms with Crippen LogP contribution in [0.25, 0.3) is 5.57 Å². The van der Waals surface area contributed by atoms with Crippen molar-refractivity contribution in [3.8, 4) is 11.5 Å². The van der Waals surface area contributed by atoms with E-state index in [2.05, 4.69) is 106 Å². The second kappa shape index (κ2) is 9.54. The maximum absolute atomic E-state index is 5.92. The predicted octanol–water partition coefficient (Wildman–Crippen LogP) is 7.96. The monoisotopic (exact) mass is 450 g/mol. The average Bonchev–Trinajstić information content (AvgIpc) is 3.19. The number of fused-ring (bicyclic) bond motifs is 2. The van der Waals surface area contributed by atoms with Crippen LogP contribution in [0, 0.1) is 5.92 Å². The van der Waals surface area contributed by atoms with Crippen molar-refractivity contribution >= 4 is 5.57 Å². The van der Waals surface area contributed by atoms with Gasteiger partial charge in [0.1, 0.15) is 11.5 Å². The fraction of sp³-hybridized carbons (Fsp3) is 0.312. The molecule has 2 aliphatic carbocycles. The second-order valence-corrected chi connectivity index (χ2v) is 9.41. The number of rotatable bonds is 8. The molecule has 2 aliphatic rings. The molecule has 1 unspecified atom stereocenters. The first-order valence-electron chi connectivity index (χ1n) is 12.7. The minimum absolute atomic E-state index is 0.331. The molecule has 0 bridgehead atoms. The van der Waals surface area contributed by atoms with E-state index in [0.29, 0.717) is 5.92 Å². The number of ether oxygens (including phenoxy) is 2. The van der Waals surface area contributed by atoms with Crippen molar-refractivity contribution in [2.24, 2.45) is 5.92 Å². The second-order valence-electron chi connectivity index (χ2n) is 9.41. The summed E-state index contributed by atoms with van der Waals surface area (Å²) in [5.74, 6) is 2.31. The molecule has 0 saturated carbocycles. The Bertz CT molecular complexity index is 1150. The fourth-order valence-corrected chi connectivity index (χ4v) is 5.69. The quantitative estimate of drug-likeness (QED) is 0.346. The molecule has 0 N–H and O–H groups in total. The zero-order chi connectivity index (χ0) is 23.5. The van der Waals surface area contributed by atoms with Gasteiger partial charge >= 0.3 is 0 Å². The highest BCUT2D eigenvalue weighted by atomic mass is 16.5. The molecular weight excluding hydrogens is 416 g/mol. The molecule has 3 aromatic rings. The summed E-state index contributed by atoms with van der Waals surface area (Å²) in [6.07, 6.45) is 7.74. The van der Waals surface area contributed by atoms with E-state index in [1.54, 1.807) is 0 Å². The summed E-state index contributed by atoms with van der Waals surface area (Å²) in [5.41, 5.74) is 7.84. The van der Waals surface area contributed by atoms with Crippen LogP contribution in [0.5, 0.6) is 11.5 Å². The third-order valence-electron chi connectivity index (χ3n) is 7.10. The van der Waals surface area contributed by atoms with Crippen molar-refractivity contribution < 1.29 is 9.47 Å². The Balaban J connectivity index is 1.73. The van der Waals surface area contributed by atoms with Crippen LogP contribution < -0.4 is 9.47 Å². The Morgan fingerprint density at radius 3 is 1.88 bits per heavy atom. The molecule has 0 spiro atoms. The van der Waals surface area contributed by atoms with Crippen LogP contribution in [0.15, 0.2) is 90.5 Å². The van der Waals surface area contributed by atoms with Gasteiger partial charge in [0.15, 0.2) is 0 Å². The first kappa shape index (κ1) is 22.5. The van der Waals surface area contributed by atoms with Crippen molar-refractivity contribution in [2.75, 3.05) is 13.2 Å². The SMILES string of the molecule is CCCOc1ccc(C2(c3ccc(OCCC)cc3)C3=C(C=CCC3C)c3ccccc32)cc1. The Morgan fingerprint density at radius 2 is 1.32 bits per heavy atom. The lowest BCUT2D eigenvalue weighted by atomic mass is 9.63. The molecule has 3 aromatic carbocycles. The highest BCUT2D eigenvalue weighted by Gasteiger charge is 2.49. The van der Waals surface area contributed by atoms with Crippen LogP contribution in [-0.2, 0) is 5.41 Å². The van der Waals surface area contributed by atoms with E-state index in [1.165, 1.54) is 33.4 Å². The number of hydrogen-bond acceptors (Lipinski definition) is 2. The van der Waals surface area contributed by atoms with Crippen LogP contribution in [0.2, 0.25) is 0 Å². The lowest BCUT2D eigenvalue weighted by Crippen LogP contribution is -2.33. The highest BCUT2D eigenvalue weighted by molar-refractivity contribution is 5.91. The lowest BCUT2D eigenvalue weighted by molar-refractivity contribution is 0.317. The molecular formula is C32H34O2. The highest BCUT2D eigenvalue weighted by Crippen LogP contribution is 2.58. The first-order valence-corrected chi connectivity index (χ1v) is 12.7. The number of allylic oxidation sites excluding steroid dienone is 4. The summed E-state index contributed by atoms with van der Waals surface area (Å²) in [4.78, 5) is 0. The van der Waals surface area contributed by atoms with Gasteiger partial charge in [0, 0.05) is 0 Å². The van der Waals surface area contributed by atoms with Crippen LogP contribution in [0.4, 0.5) is 0 Å².